The fourth-order valence-electron chi connectivity index (χ4n) is 1.33. The van der Waals surface area contributed by atoms with Gasteiger partial charge in [0, 0.05) is 26.2 Å². The number of carbonyl (C=O) groups excluding carboxylic acids is 1. The molecular formula is C8H11N3OS. The molecule has 70 valence electrons. The van der Waals surface area contributed by atoms with E-state index in [0.717, 1.165) is 37.6 Å². The van der Waals surface area contributed by atoms with Crippen LogP contribution in [0.1, 0.15) is 9.67 Å². The van der Waals surface area contributed by atoms with Gasteiger partial charge in [0.1, 0.15) is 0 Å². The Morgan fingerprint density at radius 2 is 2.31 bits per heavy atom. The van der Waals surface area contributed by atoms with Gasteiger partial charge in [-0.3, -0.25) is 4.79 Å². The summed E-state index contributed by atoms with van der Waals surface area (Å²) >= 11 is 1.46. The molecule has 0 amide bonds. The monoisotopic (exact) mass is 197 g/mol. The number of aromatic nitrogens is 1. The van der Waals surface area contributed by atoms with Crippen molar-refractivity contribution < 1.29 is 4.79 Å². The lowest BCUT2D eigenvalue weighted by Crippen LogP contribution is -2.43. The number of rotatable bonds is 2. The summed E-state index contributed by atoms with van der Waals surface area (Å²) < 4.78 is 0. The van der Waals surface area contributed by atoms with E-state index in [2.05, 4.69) is 15.2 Å². The van der Waals surface area contributed by atoms with Crippen molar-refractivity contribution in [1.29, 1.82) is 0 Å². The van der Waals surface area contributed by atoms with Gasteiger partial charge < -0.3 is 10.2 Å². The molecule has 0 radical (unpaired) electrons. The lowest BCUT2D eigenvalue weighted by Gasteiger charge is -2.26. The Kier molecular flexibility index (Phi) is 2.56. The molecule has 4 nitrogen and oxygen atoms in total. The van der Waals surface area contributed by atoms with Gasteiger partial charge in [-0.15, -0.1) is 0 Å². The minimum absolute atomic E-state index is 0.702. The highest BCUT2D eigenvalue weighted by Crippen LogP contribution is 2.21. The lowest BCUT2D eigenvalue weighted by molar-refractivity contribution is 0.112. The van der Waals surface area contributed by atoms with Crippen molar-refractivity contribution in [3.05, 3.63) is 11.1 Å². The van der Waals surface area contributed by atoms with Crippen LogP contribution in [0.3, 0.4) is 0 Å². The highest BCUT2D eigenvalue weighted by molar-refractivity contribution is 7.17. The molecule has 0 spiro atoms. The molecule has 1 aliphatic heterocycles. The minimum Gasteiger partial charge on any atom is -0.346 e. The van der Waals surface area contributed by atoms with Crippen molar-refractivity contribution in [2.24, 2.45) is 0 Å². The van der Waals surface area contributed by atoms with Crippen LogP contribution in [0.25, 0.3) is 0 Å². The quantitative estimate of drug-likeness (QED) is 0.696. The summed E-state index contributed by atoms with van der Waals surface area (Å²) in [4.78, 5) is 17.5. The minimum atomic E-state index is 0.702. The van der Waals surface area contributed by atoms with Crippen LogP contribution in [0, 0.1) is 0 Å². The molecular weight excluding hydrogens is 186 g/mol. The number of aldehydes is 1. The molecule has 0 aliphatic carbocycles. The summed E-state index contributed by atoms with van der Waals surface area (Å²) in [6, 6.07) is 0. The van der Waals surface area contributed by atoms with Crippen molar-refractivity contribution >= 4 is 22.8 Å². The van der Waals surface area contributed by atoms with Gasteiger partial charge in [0.05, 0.1) is 11.1 Å². The summed E-state index contributed by atoms with van der Waals surface area (Å²) in [5, 5.41) is 4.23. The summed E-state index contributed by atoms with van der Waals surface area (Å²) in [6.45, 7) is 3.95. The van der Waals surface area contributed by atoms with Gasteiger partial charge in [0.25, 0.3) is 0 Å². The first-order valence-corrected chi connectivity index (χ1v) is 5.08. The molecule has 1 fully saturated rings. The second-order valence-electron chi connectivity index (χ2n) is 2.90. The molecule has 1 saturated heterocycles. The smallest absolute Gasteiger partial charge is 0.186 e. The first-order chi connectivity index (χ1) is 6.40. The van der Waals surface area contributed by atoms with Crippen molar-refractivity contribution in [2.45, 2.75) is 0 Å². The van der Waals surface area contributed by atoms with Crippen LogP contribution >= 0.6 is 11.3 Å². The van der Waals surface area contributed by atoms with E-state index in [1.165, 1.54) is 11.3 Å². The zero-order valence-corrected chi connectivity index (χ0v) is 8.01. The van der Waals surface area contributed by atoms with Crippen molar-refractivity contribution in [3.8, 4) is 0 Å². The van der Waals surface area contributed by atoms with Crippen LogP contribution in [0.2, 0.25) is 0 Å². The molecule has 1 N–H and O–H groups in total. The first kappa shape index (κ1) is 8.65. The maximum Gasteiger partial charge on any atom is 0.186 e. The third-order valence-corrected chi connectivity index (χ3v) is 3.00. The van der Waals surface area contributed by atoms with Gasteiger partial charge in [-0.1, -0.05) is 11.3 Å². The number of hydrogen-bond acceptors (Lipinski definition) is 5. The average Bonchev–Trinajstić information content (AvgIpc) is 2.67. The van der Waals surface area contributed by atoms with E-state index in [4.69, 9.17) is 0 Å². The summed E-state index contributed by atoms with van der Waals surface area (Å²) in [5.41, 5.74) is 0. The summed E-state index contributed by atoms with van der Waals surface area (Å²) in [5.74, 6) is 0. The standard InChI is InChI=1S/C8H11N3OS/c12-6-7-5-10-8(13-7)11-3-1-9-2-4-11/h5-6,9H,1-4H2. The topological polar surface area (TPSA) is 45.2 Å². The number of nitrogens with zero attached hydrogens (tertiary/aromatic N) is 2. The molecule has 0 bridgehead atoms. The van der Waals surface area contributed by atoms with E-state index in [9.17, 15) is 4.79 Å². The highest BCUT2D eigenvalue weighted by Gasteiger charge is 2.13. The molecule has 2 rings (SSSR count). The Hall–Kier alpha value is -0.940. The van der Waals surface area contributed by atoms with Crippen molar-refractivity contribution in [2.75, 3.05) is 31.1 Å². The Bertz CT molecular complexity index is 293. The predicted molar refractivity (Wildman–Crippen MR) is 52.6 cm³/mol. The van der Waals surface area contributed by atoms with Crippen LogP contribution in [0.4, 0.5) is 5.13 Å². The van der Waals surface area contributed by atoms with E-state index >= 15 is 0 Å². The fourth-order valence-corrected chi connectivity index (χ4v) is 2.12. The molecule has 0 aromatic carbocycles. The van der Waals surface area contributed by atoms with Crippen molar-refractivity contribution in [3.63, 3.8) is 0 Å². The molecule has 5 heteroatoms. The number of hydrogen-bond donors (Lipinski definition) is 1. The number of carbonyl (C=O) groups is 1. The van der Waals surface area contributed by atoms with Crippen LogP contribution in [0.5, 0.6) is 0 Å². The number of anilines is 1. The third kappa shape index (κ3) is 1.87. The third-order valence-electron chi connectivity index (χ3n) is 2.02. The van der Waals surface area contributed by atoms with Gasteiger partial charge >= 0.3 is 0 Å². The van der Waals surface area contributed by atoms with Gasteiger partial charge in [-0.2, -0.15) is 0 Å². The Balaban J connectivity index is 2.09. The Morgan fingerprint density at radius 3 is 2.92 bits per heavy atom. The van der Waals surface area contributed by atoms with Crippen molar-refractivity contribution in [1.82, 2.24) is 10.3 Å². The van der Waals surface area contributed by atoms with Gasteiger partial charge in [0.2, 0.25) is 0 Å². The number of piperazine rings is 1. The zero-order chi connectivity index (χ0) is 9.10. The van der Waals surface area contributed by atoms with Crippen LogP contribution in [-0.2, 0) is 0 Å². The highest BCUT2D eigenvalue weighted by atomic mass is 32.1. The van der Waals surface area contributed by atoms with E-state index in [0.29, 0.717) is 4.88 Å². The van der Waals surface area contributed by atoms with E-state index in [-0.39, 0.29) is 0 Å². The largest absolute Gasteiger partial charge is 0.346 e. The van der Waals surface area contributed by atoms with Crippen LogP contribution in [0.15, 0.2) is 6.20 Å². The van der Waals surface area contributed by atoms with Gasteiger partial charge in [0.15, 0.2) is 11.4 Å². The molecule has 2 heterocycles. The van der Waals surface area contributed by atoms with E-state index in [1.807, 2.05) is 0 Å². The average molecular weight is 197 g/mol. The van der Waals surface area contributed by atoms with Gasteiger partial charge in [-0.05, 0) is 0 Å². The summed E-state index contributed by atoms with van der Waals surface area (Å²) in [7, 11) is 0. The maximum absolute atomic E-state index is 10.4. The first-order valence-electron chi connectivity index (χ1n) is 4.27. The predicted octanol–water partition coefficient (Wildman–Crippen LogP) is 0.365. The lowest BCUT2D eigenvalue weighted by atomic mass is 10.4. The van der Waals surface area contributed by atoms with Crippen LogP contribution in [-0.4, -0.2) is 37.4 Å². The normalized spacial score (nSPS) is 17.4. The molecule has 13 heavy (non-hydrogen) atoms. The fraction of sp³-hybridized carbons (Fsp3) is 0.500. The summed E-state index contributed by atoms with van der Waals surface area (Å²) in [6.07, 6.45) is 2.48. The molecule has 1 aromatic heterocycles. The molecule has 1 aromatic rings. The van der Waals surface area contributed by atoms with E-state index in [1.54, 1.807) is 6.20 Å². The Morgan fingerprint density at radius 1 is 1.54 bits per heavy atom. The number of nitrogens with one attached hydrogen (secondary N) is 1. The molecule has 0 atom stereocenters. The SMILES string of the molecule is O=Cc1cnc(N2CCNCC2)s1. The second-order valence-corrected chi connectivity index (χ2v) is 3.94. The molecule has 1 aliphatic rings. The van der Waals surface area contributed by atoms with E-state index < -0.39 is 0 Å². The van der Waals surface area contributed by atoms with Crippen LogP contribution < -0.4 is 10.2 Å². The van der Waals surface area contributed by atoms with Gasteiger partial charge in [-0.25, -0.2) is 4.98 Å². The molecule has 0 unspecified atom stereocenters. The Labute approximate surface area is 80.6 Å². The maximum atomic E-state index is 10.4. The number of thiazole rings is 1. The second kappa shape index (κ2) is 3.85. The zero-order valence-electron chi connectivity index (χ0n) is 7.19. The molecule has 0 saturated carbocycles.